The number of esters is 1. The number of anilines is 1. The second-order valence-electron chi connectivity index (χ2n) is 13.6. The van der Waals surface area contributed by atoms with Crippen molar-refractivity contribution in [2.24, 2.45) is 11.8 Å². The van der Waals surface area contributed by atoms with Crippen LogP contribution in [0.15, 0.2) is 104 Å². The molecule has 12 heteroatoms. The van der Waals surface area contributed by atoms with Crippen LogP contribution >= 0.6 is 27.5 Å². The van der Waals surface area contributed by atoms with Gasteiger partial charge in [-0.2, -0.15) is 0 Å². The highest BCUT2D eigenvalue weighted by molar-refractivity contribution is 9.09. The Morgan fingerprint density at radius 3 is 2.38 bits per heavy atom. The smallest absolute Gasteiger partial charge is 0.306 e. The van der Waals surface area contributed by atoms with Crippen molar-refractivity contribution in [1.29, 1.82) is 0 Å². The number of aliphatic hydroxyl groups excluding tert-OH is 1. The number of aryl methyl sites for hydroxylation is 1. The summed E-state index contributed by atoms with van der Waals surface area (Å²) in [5, 5.41) is 14.3. The second-order valence-corrected chi connectivity index (χ2v) is 15.2. The van der Waals surface area contributed by atoms with Gasteiger partial charge in [-0.1, -0.05) is 112 Å². The zero-order valence-corrected chi connectivity index (χ0v) is 31.7. The lowest BCUT2D eigenvalue weighted by Gasteiger charge is -2.40. The van der Waals surface area contributed by atoms with Crippen LogP contribution in [0.25, 0.3) is 0 Å². The molecule has 278 valence electrons. The SMILES string of the molecule is C=CCCC(=O)OC[C@@H](NC(=O)[C@@H]1[C@H]2O[C@@]3(CC2Br)[C@H](C(=O)N(CC=C)c2c(C)cccc2Cl)N([C@H](CO)c2ccccc2)C(=O)[C@@H]13)c1ccccc1. The molecular weight excluding hydrogens is 762 g/mol. The molecule has 0 saturated carbocycles. The van der Waals surface area contributed by atoms with Gasteiger partial charge in [0, 0.05) is 17.8 Å². The Hall–Kier alpha value is -4.29. The van der Waals surface area contributed by atoms with E-state index in [1.54, 1.807) is 48.6 Å². The van der Waals surface area contributed by atoms with Gasteiger partial charge in [-0.15, -0.1) is 13.2 Å². The van der Waals surface area contributed by atoms with Crippen LogP contribution in [-0.2, 0) is 28.7 Å². The zero-order valence-electron chi connectivity index (χ0n) is 29.4. The van der Waals surface area contributed by atoms with E-state index in [2.05, 4.69) is 34.4 Å². The minimum Gasteiger partial charge on any atom is -0.463 e. The molecule has 3 amide bonds. The molecule has 1 spiro atoms. The second kappa shape index (κ2) is 16.4. The van der Waals surface area contributed by atoms with Crippen molar-refractivity contribution in [3.8, 4) is 0 Å². The van der Waals surface area contributed by atoms with Gasteiger partial charge in [0.05, 0.1) is 47.3 Å². The number of carbonyl (C=O) groups is 4. The van der Waals surface area contributed by atoms with E-state index >= 15 is 9.59 Å². The van der Waals surface area contributed by atoms with E-state index < -0.39 is 72.0 Å². The number of fused-ring (bicyclic) bond motifs is 1. The number of aliphatic hydroxyl groups is 1. The van der Waals surface area contributed by atoms with E-state index in [4.69, 9.17) is 21.1 Å². The zero-order chi connectivity index (χ0) is 37.9. The van der Waals surface area contributed by atoms with Crippen LogP contribution in [-0.4, -0.2) is 76.0 Å². The molecule has 1 unspecified atom stereocenters. The molecule has 3 aromatic rings. The highest BCUT2D eigenvalue weighted by Crippen LogP contribution is 2.61. The van der Waals surface area contributed by atoms with Gasteiger partial charge in [-0.05, 0) is 42.5 Å². The van der Waals surface area contributed by atoms with E-state index in [0.717, 1.165) is 5.56 Å². The van der Waals surface area contributed by atoms with Crippen LogP contribution in [0.3, 0.4) is 0 Å². The average Bonchev–Trinajstić information content (AvgIpc) is 3.76. The summed E-state index contributed by atoms with van der Waals surface area (Å²) in [5.41, 5.74) is 1.10. The number of nitrogens with one attached hydrogen (secondary N) is 1. The number of hydrogen-bond donors (Lipinski definition) is 2. The molecule has 8 atom stereocenters. The Morgan fingerprint density at radius 2 is 1.75 bits per heavy atom. The molecule has 53 heavy (non-hydrogen) atoms. The fraction of sp³-hybridized carbons (Fsp3) is 0.366. The van der Waals surface area contributed by atoms with Crippen LogP contribution in [0.1, 0.15) is 48.0 Å². The van der Waals surface area contributed by atoms with Gasteiger partial charge in [0.2, 0.25) is 11.8 Å². The lowest BCUT2D eigenvalue weighted by molar-refractivity contribution is -0.146. The molecule has 3 aliphatic rings. The normalized spacial score (nSPS) is 25.3. The number of para-hydroxylation sites is 1. The van der Waals surface area contributed by atoms with Crippen LogP contribution in [0.5, 0.6) is 0 Å². The molecule has 2 N–H and O–H groups in total. The van der Waals surface area contributed by atoms with Gasteiger partial charge in [-0.3, -0.25) is 19.2 Å². The summed E-state index contributed by atoms with van der Waals surface area (Å²) in [6.45, 7) is 8.85. The van der Waals surface area contributed by atoms with Gasteiger partial charge >= 0.3 is 5.97 Å². The molecule has 0 aliphatic carbocycles. The highest BCUT2D eigenvalue weighted by Gasteiger charge is 2.77. The van der Waals surface area contributed by atoms with Crippen molar-refractivity contribution in [3.63, 3.8) is 0 Å². The Morgan fingerprint density at radius 1 is 1.08 bits per heavy atom. The van der Waals surface area contributed by atoms with E-state index in [0.29, 0.717) is 28.3 Å². The topological polar surface area (TPSA) is 125 Å². The summed E-state index contributed by atoms with van der Waals surface area (Å²) in [5.74, 6) is -3.95. The minimum atomic E-state index is -1.44. The number of nitrogens with zero attached hydrogens (tertiary/aromatic N) is 2. The first-order chi connectivity index (χ1) is 25.6. The van der Waals surface area contributed by atoms with Gasteiger partial charge in [0.15, 0.2) is 0 Å². The van der Waals surface area contributed by atoms with Gasteiger partial charge in [-0.25, -0.2) is 0 Å². The minimum absolute atomic E-state index is 0.0766. The van der Waals surface area contributed by atoms with Crippen molar-refractivity contribution >= 4 is 56.9 Å². The molecule has 10 nitrogen and oxygen atoms in total. The van der Waals surface area contributed by atoms with Crippen molar-refractivity contribution in [2.45, 2.75) is 60.8 Å². The van der Waals surface area contributed by atoms with E-state index in [9.17, 15) is 14.7 Å². The Labute approximate surface area is 322 Å². The first kappa shape index (κ1) is 38.4. The molecule has 3 aromatic carbocycles. The maximum absolute atomic E-state index is 15.2. The van der Waals surface area contributed by atoms with Crippen molar-refractivity contribution in [1.82, 2.24) is 10.2 Å². The number of allylic oxidation sites excluding steroid dienone is 1. The number of alkyl halides is 1. The number of amides is 3. The number of carbonyl (C=O) groups excluding carboxylic acids is 4. The monoisotopic (exact) mass is 803 g/mol. The lowest BCUT2D eigenvalue weighted by atomic mass is 9.70. The maximum Gasteiger partial charge on any atom is 0.306 e. The van der Waals surface area contributed by atoms with E-state index in [-0.39, 0.29) is 30.8 Å². The third kappa shape index (κ3) is 7.19. The van der Waals surface area contributed by atoms with Crippen molar-refractivity contribution in [2.75, 3.05) is 24.7 Å². The van der Waals surface area contributed by atoms with Crippen molar-refractivity contribution < 1.29 is 33.8 Å². The number of hydrogen-bond acceptors (Lipinski definition) is 7. The summed E-state index contributed by atoms with van der Waals surface area (Å²) >= 11 is 10.5. The lowest BCUT2D eigenvalue weighted by Crippen LogP contribution is -2.58. The average molecular weight is 805 g/mol. The summed E-state index contributed by atoms with van der Waals surface area (Å²) < 4.78 is 12.4. The van der Waals surface area contributed by atoms with Crippen LogP contribution in [0.2, 0.25) is 5.02 Å². The van der Waals surface area contributed by atoms with Crippen LogP contribution in [0, 0.1) is 18.8 Å². The predicted octanol–water partition coefficient (Wildman–Crippen LogP) is 6.02. The van der Waals surface area contributed by atoms with Gasteiger partial charge in [0.1, 0.15) is 18.2 Å². The van der Waals surface area contributed by atoms with E-state index in [1.165, 1.54) is 9.80 Å². The van der Waals surface area contributed by atoms with E-state index in [1.807, 2.05) is 49.4 Å². The standard InChI is InChI=1S/C41H43BrClN3O7/c1-4-6-20-32(48)52-24-30(26-15-9-7-10-16-26)44-38(49)33-34-39(50)46(31(23-47)27-17-11-8-12-18-27)37(41(34)22-28(42)36(33)53-41)40(51)45(21-5-2)35-25(3)14-13-19-29(35)43/h4-5,7-19,28,30-31,33-34,36-37,47H,1-2,6,20-24H2,3H3,(H,44,49)/t28?,30-,31-,33+,34-,36+,37+,41-/m1/s1. The number of rotatable bonds is 15. The molecule has 6 rings (SSSR count). The van der Waals surface area contributed by atoms with Crippen LogP contribution < -0.4 is 10.2 Å². The van der Waals surface area contributed by atoms with Crippen LogP contribution in [0.4, 0.5) is 5.69 Å². The maximum atomic E-state index is 15.2. The molecule has 0 aromatic heterocycles. The molecule has 3 fully saturated rings. The highest BCUT2D eigenvalue weighted by atomic mass is 79.9. The molecule has 3 heterocycles. The third-order valence-corrected chi connectivity index (χ3v) is 11.6. The third-order valence-electron chi connectivity index (χ3n) is 10.5. The summed E-state index contributed by atoms with van der Waals surface area (Å²) in [6, 6.07) is 20.6. The molecule has 3 saturated heterocycles. The molecule has 2 bridgehead atoms. The number of likely N-dealkylation sites (tertiary alicyclic amines) is 1. The van der Waals surface area contributed by atoms with Gasteiger partial charge < -0.3 is 29.7 Å². The summed E-state index contributed by atoms with van der Waals surface area (Å²) in [4.78, 5) is 59.9. The summed E-state index contributed by atoms with van der Waals surface area (Å²) in [7, 11) is 0. The fourth-order valence-electron chi connectivity index (χ4n) is 8.19. The fourth-order valence-corrected chi connectivity index (χ4v) is 9.45. The number of ether oxygens (including phenoxy) is 2. The quantitative estimate of drug-likeness (QED) is 0.110. The number of benzene rings is 3. The largest absolute Gasteiger partial charge is 0.463 e. The molecule has 3 aliphatic heterocycles. The first-order valence-corrected chi connectivity index (χ1v) is 19.0. The first-order valence-electron chi connectivity index (χ1n) is 17.7. The van der Waals surface area contributed by atoms with Gasteiger partial charge in [0.25, 0.3) is 5.91 Å². The number of halogens is 2. The molecular formula is C41H43BrClN3O7. The Bertz CT molecular complexity index is 1840. The van der Waals surface area contributed by atoms with Crippen molar-refractivity contribution in [3.05, 3.63) is 126 Å². The molecule has 0 radical (unpaired) electrons. The Balaban J connectivity index is 1.42. The Kier molecular flexibility index (Phi) is 11.9. The predicted molar refractivity (Wildman–Crippen MR) is 205 cm³/mol. The summed E-state index contributed by atoms with van der Waals surface area (Å²) in [6.07, 6.45) is 3.32.